The summed E-state index contributed by atoms with van der Waals surface area (Å²) in [5.41, 5.74) is -11.7. The molecule has 48 heavy (non-hydrogen) atoms. The topological polar surface area (TPSA) is 62.3 Å². The molecular formula is C29H5F15N2O2. The van der Waals surface area contributed by atoms with Gasteiger partial charge in [-0.15, -0.1) is 0 Å². The number of allylic oxidation sites excluding steroid dienone is 2. The molecule has 248 valence electrons. The van der Waals surface area contributed by atoms with Gasteiger partial charge in [-0.2, -0.15) is 0 Å². The molecule has 0 aliphatic carbocycles. The molecule has 2 heterocycles. The van der Waals surface area contributed by atoms with E-state index >= 15 is 0 Å². The number of aromatic amines is 1. The second-order valence-corrected chi connectivity index (χ2v) is 9.37. The van der Waals surface area contributed by atoms with E-state index in [9.17, 15) is 75.4 Å². The van der Waals surface area contributed by atoms with E-state index in [4.69, 9.17) is 0 Å². The Morgan fingerprint density at radius 1 is 0.417 bits per heavy atom. The Bertz CT molecular complexity index is 2150. The van der Waals surface area contributed by atoms with Crippen LogP contribution in [-0.2, 0) is 0 Å². The van der Waals surface area contributed by atoms with Gasteiger partial charge in [0.15, 0.2) is 69.8 Å². The largest absolute Gasteiger partial charge is 0.352 e. The van der Waals surface area contributed by atoms with E-state index < -0.39 is 144 Å². The third-order valence-electron chi connectivity index (χ3n) is 6.66. The van der Waals surface area contributed by atoms with Crippen molar-refractivity contribution in [2.45, 2.75) is 0 Å². The molecule has 0 amide bonds. The fourth-order valence-corrected chi connectivity index (χ4v) is 4.40. The molecule has 1 aromatic heterocycles. The number of nitrogens with one attached hydrogen (secondary N) is 1. The van der Waals surface area contributed by atoms with Gasteiger partial charge >= 0.3 is 0 Å². The van der Waals surface area contributed by atoms with E-state index in [1.54, 1.807) is 0 Å². The summed E-state index contributed by atoms with van der Waals surface area (Å²) >= 11 is 0. The predicted molar refractivity (Wildman–Crippen MR) is 130 cm³/mol. The van der Waals surface area contributed by atoms with E-state index in [-0.39, 0.29) is 0 Å². The number of H-pyrrole nitrogens is 1. The minimum absolute atomic E-state index is 0.450. The number of hydrogen-bond acceptors (Lipinski definition) is 3. The lowest BCUT2D eigenvalue weighted by Crippen LogP contribution is -2.18. The molecule has 5 rings (SSSR count). The summed E-state index contributed by atoms with van der Waals surface area (Å²) in [5.74, 6) is -43.1. The number of aromatic nitrogens is 1. The molecule has 0 spiro atoms. The molecule has 4 nitrogen and oxygen atoms in total. The maximum Gasteiger partial charge on any atom is 0.217 e. The predicted octanol–water partition coefficient (Wildman–Crippen LogP) is 7.99. The van der Waals surface area contributed by atoms with Gasteiger partial charge in [0.2, 0.25) is 29.0 Å². The van der Waals surface area contributed by atoms with E-state index in [1.807, 2.05) is 4.98 Å². The van der Waals surface area contributed by atoms with Crippen LogP contribution in [0.5, 0.6) is 0 Å². The zero-order valence-electron chi connectivity index (χ0n) is 22.2. The van der Waals surface area contributed by atoms with Crippen LogP contribution in [0.1, 0.15) is 37.7 Å². The van der Waals surface area contributed by atoms with Crippen molar-refractivity contribution in [1.29, 1.82) is 0 Å². The zero-order valence-corrected chi connectivity index (χ0v) is 22.2. The lowest BCUT2D eigenvalue weighted by atomic mass is 9.98. The fourth-order valence-electron chi connectivity index (χ4n) is 4.40. The third-order valence-corrected chi connectivity index (χ3v) is 6.66. The van der Waals surface area contributed by atoms with E-state index in [0.717, 1.165) is 0 Å². The summed E-state index contributed by atoms with van der Waals surface area (Å²) in [6.07, 6.45) is 0.963. The Labute approximate surface area is 254 Å². The minimum atomic E-state index is -2.68. The summed E-state index contributed by atoms with van der Waals surface area (Å²) < 4.78 is 211. The van der Waals surface area contributed by atoms with Gasteiger partial charge in [-0.25, -0.2) is 70.8 Å². The van der Waals surface area contributed by atoms with Crippen molar-refractivity contribution < 1.29 is 75.4 Å². The highest BCUT2D eigenvalue weighted by Gasteiger charge is 2.35. The van der Waals surface area contributed by atoms with Crippen LogP contribution in [0.3, 0.4) is 0 Å². The first-order chi connectivity index (χ1) is 22.4. The van der Waals surface area contributed by atoms with Gasteiger partial charge in [0.05, 0.1) is 17.0 Å². The Morgan fingerprint density at radius 2 is 0.750 bits per heavy atom. The smallest absolute Gasteiger partial charge is 0.217 e. The van der Waals surface area contributed by atoms with Crippen molar-refractivity contribution >= 4 is 22.9 Å². The summed E-state index contributed by atoms with van der Waals surface area (Å²) in [6.45, 7) is 0. The molecule has 0 saturated carbocycles. The maximum atomic E-state index is 15.0. The Morgan fingerprint density at radius 3 is 1.17 bits per heavy atom. The first-order valence-corrected chi connectivity index (χ1v) is 12.3. The highest BCUT2D eigenvalue weighted by atomic mass is 19.2. The quantitative estimate of drug-likeness (QED) is 0.0962. The molecule has 0 atom stereocenters. The van der Waals surface area contributed by atoms with Crippen LogP contribution >= 0.6 is 0 Å². The summed E-state index contributed by atoms with van der Waals surface area (Å²) in [6, 6.07) is 1.04. The average Bonchev–Trinajstić information content (AvgIpc) is 3.76. The van der Waals surface area contributed by atoms with Crippen molar-refractivity contribution in [1.82, 2.24) is 4.98 Å². The molecule has 0 bridgehead atoms. The van der Waals surface area contributed by atoms with Crippen LogP contribution in [0.2, 0.25) is 0 Å². The van der Waals surface area contributed by atoms with E-state index in [1.165, 1.54) is 0 Å². The Kier molecular flexibility index (Phi) is 8.35. The van der Waals surface area contributed by atoms with Crippen LogP contribution in [0.15, 0.2) is 35.0 Å². The van der Waals surface area contributed by atoms with Crippen LogP contribution in [0.25, 0.3) is 5.57 Å². The lowest BCUT2D eigenvalue weighted by Gasteiger charge is -2.13. The monoisotopic (exact) mass is 698 g/mol. The first kappa shape index (κ1) is 33.7. The second-order valence-electron chi connectivity index (χ2n) is 9.37. The van der Waals surface area contributed by atoms with Gasteiger partial charge in [-0.1, -0.05) is 0 Å². The van der Waals surface area contributed by atoms with Gasteiger partial charge in [0.1, 0.15) is 16.8 Å². The van der Waals surface area contributed by atoms with Crippen molar-refractivity contribution in [3.8, 4) is 0 Å². The number of Topliss-reactive ketones (excluding diaryl/α,β-unsaturated/α-hetero) is 1. The number of benzene rings is 3. The van der Waals surface area contributed by atoms with Gasteiger partial charge < -0.3 is 4.98 Å². The van der Waals surface area contributed by atoms with Crippen LogP contribution in [0, 0.1) is 87.3 Å². The molecule has 0 radical (unpaired) electrons. The van der Waals surface area contributed by atoms with E-state index in [0.29, 0.717) is 24.3 Å². The van der Waals surface area contributed by atoms with Crippen LogP contribution in [0.4, 0.5) is 65.9 Å². The SMILES string of the molecule is O=C(C1=N/C(=C(\c2ccc(C(=O)c3c(F)c(F)c(F)c(F)c3F)[nH]2)c2c(F)c(F)c(F)c(F)c2F)C=C1)c1c(F)c(F)c(F)c(F)c1F. The summed E-state index contributed by atoms with van der Waals surface area (Å²) in [5, 5.41) is 0. The van der Waals surface area contributed by atoms with Gasteiger partial charge in [-0.3, -0.25) is 9.59 Å². The summed E-state index contributed by atoms with van der Waals surface area (Å²) in [4.78, 5) is 30.9. The lowest BCUT2D eigenvalue weighted by molar-refractivity contribution is 0.102. The number of aliphatic imine (C=N–C) groups is 1. The number of halogens is 15. The molecule has 1 aliphatic rings. The number of rotatable bonds is 6. The van der Waals surface area contributed by atoms with Crippen molar-refractivity contribution in [2.24, 2.45) is 4.99 Å². The Balaban J connectivity index is 1.74. The fraction of sp³-hybridized carbons (Fsp3) is 0. The average molecular weight is 698 g/mol. The first-order valence-electron chi connectivity index (χ1n) is 12.3. The molecule has 0 unspecified atom stereocenters. The standard InChI is InChI=1S/C29H5F15N2O2/c30-13-10(14(31)20(37)25(42)19(13)36)9(5-1-3-7(45-5)28(47)11-15(32)21(38)26(43)22(39)16(11)33)6-2-4-8(46-6)29(48)12-17(34)23(40)27(44)24(41)18(12)35/h1-4,45H/b9-6+. The minimum Gasteiger partial charge on any atom is -0.352 e. The molecule has 1 N–H and O–H groups in total. The van der Waals surface area contributed by atoms with Gasteiger partial charge in [-0.05, 0) is 24.3 Å². The van der Waals surface area contributed by atoms with Crippen molar-refractivity contribution in [3.63, 3.8) is 0 Å². The second kappa shape index (κ2) is 11.9. The molecule has 1 aliphatic heterocycles. The number of hydrogen-bond donors (Lipinski definition) is 1. The van der Waals surface area contributed by atoms with Crippen molar-refractivity contribution in [3.05, 3.63) is 145 Å². The summed E-state index contributed by atoms with van der Waals surface area (Å²) in [7, 11) is 0. The molecule has 4 aromatic rings. The van der Waals surface area contributed by atoms with Crippen LogP contribution in [-0.4, -0.2) is 22.3 Å². The molecule has 0 saturated heterocycles. The van der Waals surface area contributed by atoms with Crippen molar-refractivity contribution in [2.75, 3.05) is 0 Å². The molecule has 0 fully saturated rings. The Hall–Kier alpha value is -5.62. The van der Waals surface area contributed by atoms with E-state index in [2.05, 4.69) is 4.99 Å². The molecule has 3 aromatic carbocycles. The zero-order chi connectivity index (χ0) is 35.7. The number of ketones is 2. The molecular weight excluding hydrogens is 693 g/mol. The van der Waals surface area contributed by atoms with Gasteiger partial charge in [0, 0.05) is 11.3 Å². The van der Waals surface area contributed by atoms with Crippen LogP contribution < -0.4 is 0 Å². The third kappa shape index (κ3) is 4.96. The number of carbonyl (C=O) groups excluding carboxylic acids is 2. The number of carbonyl (C=O) groups is 2. The molecule has 19 heteroatoms. The maximum absolute atomic E-state index is 15.0. The number of nitrogens with zero attached hydrogens (tertiary/aromatic N) is 1. The highest BCUT2D eigenvalue weighted by Crippen LogP contribution is 2.37. The normalized spacial score (nSPS) is 13.8. The highest BCUT2D eigenvalue weighted by molar-refractivity contribution is 6.50. The van der Waals surface area contributed by atoms with Gasteiger partial charge in [0.25, 0.3) is 0 Å².